The Morgan fingerprint density at radius 3 is 2.50 bits per heavy atom. The second-order valence-corrected chi connectivity index (χ2v) is 7.37. The number of aromatic nitrogens is 2. The van der Waals surface area contributed by atoms with Crippen molar-refractivity contribution in [3.63, 3.8) is 0 Å². The van der Waals surface area contributed by atoms with Gasteiger partial charge in [-0.3, -0.25) is 4.98 Å². The van der Waals surface area contributed by atoms with Crippen molar-refractivity contribution >= 4 is 41.7 Å². The molecule has 0 aliphatic carbocycles. The first kappa shape index (κ1) is 25.8. The number of hydrogen-bond donors (Lipinski definition) is 1. The first-order chi connectivity index (χ1) is 13.3. The van der Waals surface area contributed by atoms with Crippen molar-refractivity contribution in [2.24, 2.45) is 0 Å². The lowest BCUT2D eigenvalue weighted by atomic mass is 10.0. The van der Waals surface area contributed by atoms with Gasteiger partial charge in [0.1, 0.15) is 5.75 Å². The van der Waals surface area contributed by atoms with Gasteiger partial charge in [0, 0.05) is 47.2 Å². The molecule has 6 nitrogen and oxygen atoms in total. The number of esters is 1. The lowest BCUT2D eigenvalue weighted by Crippen LogP contribution is -2.19. The van der Waals surface area contributed by atoms with Crippen LogP contribution in [0, 0.1) is 0 Å². The Morgan fingerprint density at radius 2 is 1.97 bits per heavy atom. The summed E-state index contributed by atoms with van der Waals surface area (Å²) in [6.45, 7) is 6.86. The molecule has 0 aliphatic rings. The minimum absolute atomic E-state index is 0. The van der Waals surface area contributed by atoms with Gasteiger partial charge in [-0.25, -0.2) is 4.79 Å². The Balaban J connectivity index is 0.00000225. The third kappa shape index (κ3) is 4.89. The van der Waals surface area contributed by atoms with Crippen LogP contribution >= 0.6 is 24.8 Å². The summed E-state index contributed by atoms with van der Waals surface area (Å²) in [4.78, 5) is 19.0. The maximum atomic E-state index is 12.8. The molecule has 3 rings (SSSR count). The third-order valence-corrected chi connectivity index (χ3v) is 4.66. The van der Waals surface area contributed by atoms with Crippen LogP contribution in [0.1, 0.15) is 42.9 Å². The number of rotatable bonds is 6. The highest BCUT2D eigenvalue weighted by molar-refractivity contribution is 6.07. The average molecular weight is 454 g/mol. The molecular weight excluding hydrogens is 425 g/mol. The molecule has 0 aliphatic heterocycles. The number of halogens is 2. The molecule has 0 unspecified atom stereocenters. The minimum Gasteiger partial charge on any atom is -0.507 e. The smallest absolute Gasteiger partial charge is 0.340 e. The van der Waals surface area contributed by atoms with Crippen molar-refractivity contribution in [3.8, 4) is 16.9 Å². The quantitative estimate of drug-likeness (QED) is 0.527. The van der Waals surface area contributed by atoms with E-state index in [-0.39, 0.29) is 42.6 Å². The van der Waals surface area contributed by atoms with Gasteiger partial charge >= 0.3 is 5.97 Å². The topological polar surface area (TPSA) is 67.6 Å². The molecule has 0 atom stereocenters. The van der Waals surface area contributed by atoms with Crippen LogP contribution in [0.15, 0.2) is 36.7 Å². The number of phenols is 1. The largest absolute Gasteiger partial charge is 0.507 e. The van der Waals surface area contributed by atoms with Gasteiger partial charge in [-0.05, 0) is 53.1 Å². The summed E-state index contributed by atoms with van der Waals surface area (Å²) in [5, 5.41) is 11.4. The zero-order chi connectivity index (χ0) is 20.4. The summed E-state index contributed by atoms with van der Waals surface area (Å²) in [6.07, 6.45) is 3.42. The van der Waals surface area contributed by atoms with E-state index in [2.05, 4.69) is 23.4 Å². The zero-order valence-electron chi connectivity index (χ0n) is 17.9. The fraction of sp³-hybridized carbons (Fsp3) is 0.364. The molecule has 0 spiro atoms. The first-order valence-corrected chi connectivity index (χ1v) is 9.47. The maximum absolute atomic E-state index is 12.8. The molecular formula is C22H29Cl2N3O3. The Hall–Kier alpha value is -2.28. The summed E-state index contributed by atoms with van der Waals surface area (Å²) in [6, 6.07) is 7.48. The lowest BCUT2D eigenvalue weighted by Gasteiger charge is -2.18. The van der Waals surface area contributed by atoms with Gasteiger partial charge in [-0.15, -0.1) is 24.8 Å². The molecule has 2 aromatic heterocycles. The molecule has 0 radical (unpaired) electrons. The summed E-state index contributed by atoms with van der Waals surface area (Å²) < 4.78 is 7.50. The molecule has 0 saturated heterocycles. The number of fused-ring (bicyclic) bond motifs is 1. The van der Waals surface area contributed by atoms with Crippen molar-refractivity contribution in [1.29, 1.82) is 0 Å². The van der Waals surface area contributed by atoms with Crippen molar-refractivity contribution in [1.82, 2.24) is 14.5 Å². The highest BCUT2D eigenvalue weighted by atomic mass is 35.5. The Bertz CT molecular complexity index is 1000. The fourth-order valence-corrected chi connectivity index (χ4v) is 3.63. The average Bonchev–Trinajstić information content (AvgIpc) is 2.94. The van der Waals surface area contributed by atoms with Crippen LogP contribution in [0.25, 0.3) is 22.0 Å². The maximum Gasteiger partial charge on any atom is 0.340 e. The number of pyridine rings is 1. The number of phenolic OH excluding ortho intramolecular Hbond substituents is 1. The van der Waals surface area contributed by atoms with Crippen molar-refractivity contribution < 1.29 is 14.6 Å². The van der Waals surface area contributed by atoms with E-state index in [0.29, 0.717) is 29.7 Å². The van der Waals surface area contributed by atoms with Gasteiger partial charge in [-0.2, -0.15) is 0 Å². The summed E-state index contributed by atoms with van der Waals surface area (Å²) in [5.74, 6) is -0.249. The zero-order valence-corrected chi connectivity index (χ0v) is 19.5. The molecule has 8 heteroatoms. The number of hydrogen-bond acceptors (Lipinski definition) is 5. The van der Waals surface area contributed by atoms with Crippen LogP contribution < -0.4 is 0 Å². The predicted molar refractivity (Wildman–Crippen MR) is 125 cm³/mol. The van der Waals surface area contributed by atoms with Gasteiger partial charge < -0.3 is 19.3 Å². The Kier molecular flexibility index (Phi) is 9.15. The van der Waals surface area contributed by atoms with Crippen LogP contribution in [0.5, 0.6) is 5.75 Å². The normalized spacial score (nSPS) is 10.8. The van der Waals surface area contributed by atoms with Crippen LogP contribution in [0.3, 0.4) is 0 Å². The van der Waals surface area contributed by atoms with Gasteiger partial charge in [0.2, 0.25) is 0 Å². The second kappa shape index (κ2) is 10.7. The monoisotopic (exact) mass is 453 g/mol. The summed E-state index contributed by atoms with van der Waals surface area (Å²) in [5.41, 5.74) is 3.81. The minimum atomic E-state index is -0.364. The molecule has 1 N–H and O–H groups in total. The van der Waals surface area contributed by atoms with Gasteiger partial charge in [0.05, 0.1) is 17.7 Å². The molecule has 1 aromatic carbocycles. The molecule has 0 bridgehead atoms. The van der Waals surface area contributed by atoms with Gasteiger partial charge in [0.25, 0.3) is 0 Å². The van der Waals surface area contributed by atoms with E-state index in [9.17, 15) is 9.90 Å². The van der Waals surface area contributed by atoms with E-state index in [1.165, 1.54) is 0 Å². The first-order valence-electron chi connectivity index (χ1n) is 9.47. The van der Waals surface area contributed by atoms with Crippen LogP contribution in [-0.2, 0) is 11.3 Å². The molecule has 2 heterocycles. The van der Waals surface area contributed by atoms with E-state index < -0.39 is 0 Å². The fourth-order valence-electron chi connectivity index (χ4n) is 3.63. The van der Waals surface area contributed by atoms with Crippen molar-refractivity contribution in [2.75, 3.05) is 20.7 Å². The number of aromatic hydroxyl groups is 1. The van der Waals surface area contributed by atoms with E-state index in [4.69, 9.17) is 4.74 Å². The van der Waals surface area contributed by atoms with E-state index >= 15 is 0 Å². The van der Waals surface area contributed by atoms with E-state index in [1.54, 1.807) is 25.4 Å². The highest BCUT2D eigenvalue weighted by Crippen LogP contribution is 2.38. The lowest BCUT2D eigenvalue weighted by molar-refractivity contribution is 0.0526. The number of benzene rings is 1. The van der Waals surface area contributed by atoms with Gasteiger partial charge in [0.15, 0.2) is 0 Å². The Morgan fingerprint density at radius 1 is 1.27 bits per heavy atom. The van der Waals surface area contributed by atoms with E-state index in [1.807, 2.05) is 37.2 Å². The molecule has 0 amide bonds. The molecule has 0 saturated carbocycles. The molecule has 30 heavy (non-hydrogen) atoms. The number of carbonyl (C=O) groups excluding carboxylic acids is 1. The third-order valence-electron chi connectivity index (χ3n) is 4.66. The predicted octanol–water partition coefficient (Wildman–Crippen LogP) is 5.07. The van der Waals surface area contributed by atoms with Crippen LogP contribution in [-0.4, -0.2) is 46.2 Å². The summed E-state index contributed by atoms with van der Waals surface area (Å²) in [7, 11) is 3.94. The van der Waals surface area contributed by atoms with Crippen LogP contribution in [0.4, 0.5) is 0 Å². The van der Waals surface area contributed by atoms with Crippen molar-refractivity contribution in [3.05, 3.63) is 47.9 Å². The Labute approximate surface area is 189 Å². The molecule has 164 valence electrons. The van der Waals surface area contributed by atoms with Gasteiger partial charge in [-0.1, -0.05) is 6.07 Å². The number of ether oxygens (including phenoxy) is 1. The second-order valence-electron chi connectivity index (χ2n) is 7.37. The highest BCUT2D eigenvalue weighted by Gasteiger charge is 2.26. The van der Waals surface area contributed by atoms with Crippen LogP contribution in [0.2, 0.25) is 0 Å². The van der Waals surface area contributed by atoms with Crippen molar-refractivity contribution in [2.45, 2.75) is 33.4 Å². The molecule has 3 aromatic rings. The molecule has 0 fully saturated rings. The van der Waals surface area contributed by atoms with E-state index in [0.717, 1.165) is 16.8 Å². The number of nitrogens with zero attached hydrogens (tertiary/aromatic N) is 3. The summed E-state index contributed by atoms with van der Waals surface area (Å²) >= 11 is 0. The standard InChI is InChI=1S/C22H27N3O3.2ClH/c1-6-28-22(27)21-17-11-20(26)16(15-8-7-9-23-12-15)10-18(17)25(14(2)3)19(21)13-24(4)5;;/h7-12,14,26H,6,13H2,1-5H3;2*1H. The number of carbonyl (C=O) groups is 1. The SMILES string of the molecule is CCOC(=O)c1c(CN(C)C)n(C(C)C)c2cc(-c3cccnc3)c(O)cc12.Cl.Cl.